The van der Waals surface area contributed by atoms with Gasteiger partial charge in [-0.3, -0.25) is 4.79 Å². The second-order valence-corrected chi connectivity index (χ2v) is 6.30. The average molecular weight is 363 g/mol. The van der Waals surface area contributed by atoms with E-state index in [0.717, 1.165) is 17.5 Å². The molecule has 0 saturated carbocycles. The van der Waals surface area contributed by atoms with Gasteiger partial charge in [-0.05, 0) is 29.7 Å². The van der Waals surface area contributed by atoms with Crippen molar-refractivity contribution in [3.63, 3.8) is 0 Å². The number of amides is 3. The maximum atomic E-state index is 12.5. The summed E-state index contributed by atoms with van der Waals surface area (Å²) in [7, 11) is 3.21. The lowest BCUT2D eigenvalue weighted by atomic mass is 9.98. The minimum absolute atomic E-state index is 0.00118. The number of urea groups is 1. The van der Waals surface area contributed by atoms with Crippen LogP contribution in [0.25, 0.3) is 0 Å². The Labute approximate surface area is 153 Å². The van der Waals surface area contributed by atoms with E-state index in [0.29, 0.717) is 50.9 Å². The van der Waals surface area contributed by atoms with Crippen LogP contribution in [0.3, 0.4) is 0 Å². The quantitative estimate of drug-likeness (QED) is 0.849. The van der Waals surface area contributed by atoms with Crippen molar-refractivity contribution in [2.24, 2.45) is 0 Å². The first-order valence-corrected chi connectivity index (χ1v) is 8.74. The minimum atomic E-state index is -0.217. The molecule has 0 aromatic heterocycles. The second-order valence-electron chi connectivity index (χ2n) is 6.30. The van der Waals surface area contributed by atoms with E-state index in [4.69, 9.17) is 14.2 Å². The van der Waals surface area contributed by atoms with Crippen LogP contribution in [0.1, 0.15) is 11.1 Å². The van der Waals surface area contributed by atoms with Crippen molar-refractivity contribution < 1.29 is 23.8 Å². The molecule has 0 unspecified atom stereocenters. The highest BCUT2D eigenvalue weighted by Gasteiger charge is 2.24. The molecule has 1 aromatic rings. The lowest BCUT2D eigenvalue weighted by Gasteiger charge is -2.30. The van der Waals surface area contributed by atoms with E-state index < -0.39 is 0 Å². The fourth-order valence-corrected chi connectivity index (χ4v) is 3.24. The molecule has 1 N–H and O–H groups in total. The number of ether oxygens (including phenoxy) is 3. The van der Waals surface area contributed by atoms with Crippen molar-refractivity contribution in [3.8, 4) is 11.5 Å². The molecular weight excluding hydrogens is 338 g/mol. The number of hydrogen-bond acceptors (Lipinski definition) is 5. The zero-order chi connectivity index (χ0) is 18.5. The molecule has 1 fully saturated rings. The van der Waals surface area contributed by atoms with Gasteiger partial charge in [-0.1, -0.05) is 0 Å². The van der Waals surface area contributed by atoms with E-state index in [1.54, 1.807) is 24.0 Å². The summed E-state index contributed by atoms with van der Waals surface area (Å²) in [4.78, 5) is 28.0. The van der Waals surface area contributed by atoms with E-state index in [2.05, 4.69) is 5.32 Å². The average Bonchev–Trinajstić information content (AvgIpc) is 2.70. The van der Waals surface area contributed by atoms with Gasteiger partial charge in [0.05, 0.1) is 34.0 Å². The van der Waals surface area contributed by atoms with Crippen LogP contribution >= 0.6 is 0 Å². The van der Waals surface area contributed by atoms with Gasteiger partial charge < -0.3 is 29.3 Å². The highest BCUT2D eigenvalue weighted by atomic mass is 16.5. The van der Waals surface area contributed by atoms with E-state index in [-0.39, 0.29) is 18.5 Å². The molecule has 3 amide bonds. The van der Waals surface area contributed by atoms with Gasteiger partial charge in [-0.15, -0.1) is 0 Å². The molecule has 1 aromatic carbocycles. The van der Waals surface area contributed by atoms with Crippen molar-refractivity contribution in [2.45, 2.75) is 13.0 Å². The van der Waals surface area contributed by atoms with Crippen molar-refractivity contribution in [3.05, 3.63) is 23.3 Å². The summed E-state index contributed by atoms with van der Waals surface area (Å²) in [5.41, 5.74) is 2.20. The summed E-state index contributed by atoms with van der Waals surface area (Å²) in [6.45, 7) is 3.30. The minimum Gasteiger partial charge on any atom is -0.493 e. The fourth-order valence-electron chi connectivity index (χ4n) is 3.24. The van der Waals surface area contributed by atoms with Crippen LogP contribution in [0.15, 0.2) is 12.1 Å². The Kier molecular flexibility index (Phi) is 5.82. The van der Waals surface area contributed by atoms with E-state index in [1.807, 2.05) is 12.1 Å². The molecular formula is C18H25N3O5. The Morgan fingerprint density at radius 3 is 2.35 bits per heavy atom. The third-order valence-corrected chi connectivity index (χ3v) is 4.76. The van der Waals surface area contributed by atoms with Gasteiger partial charge in [0.2, 0.25) is 5.91 Å². The van der Waals surface area contributed by atoms with Crippen molar-refractivity contribution in [1.29, 1.82) is 0 Å². The highest BCUT2D eigenvalue weighted by Crippen LogP contribution is 2.33. The van der Waals surface area contributed by atoms with E-state index in [1.165, 1.54) is 0 Å². The number of hydrogen-bond donors (Lipinski definition) is 1. The molecule has 0 spiro atoms. The predicted molar refractivity (Wildman–Crippen MR) is 94.5 cm³/mol. The first-order chi connectivity index (χ1) is 12.6. The standard InChI is InChI=1S/C18H25N3O5/c1-24-15-9-13-3-4-21(12-14(13)10-16(15)25-2)17(22)11-19-18(23)20-5-7-26-8-6-20/h9-10H,3-8,11-12H2,1-2H3,(H,19,23). The lowest BCUT2D eigenvalue weighted by Crippen LogP contribution is -2.49. The van der Waals surface area contributed by atoms with Crippen LogP contribution in [0.4, 0.5) is 4.79 Å². The molecule has 0 radical (unpaired) electrons. The Hall–Kier alpha value is -2.48. The Morgan fingerprint density at radius 2 is 1.69 bits per heavy atom. The van der Waals surface area contributed by atoms with Gasteiger partial charge in [-0.25, -0.2) is 4.79 Å². The summed E-state index contributed by atoms with van der Waals surface area (Å²) < 4.78 is 15.9. The van der Waals surface area contributed by atoms with Crippen LogP contribution < -0.4 is 14.8 Å². The smallest absolute Gasteiger partial charge is 0.317 e. The van der Waals surface area contributed by atoms with E-state index in [9.17, 15) is 9.59 Å². The van der Waals surface area contributed by atoms with Gasteiger partial charge in [0.25, 0.3) is 0 Å². The number of methoxy groups -OCH3 is 2. The summed E-state index contributed by atoms with van der Waals surface area (Å²) in [6.07, 6.45) is 0.749. The van der Waals surface area contributed by atoms with Crippen LogP contribution in [0.2, 0.25) is 0 Å². The lowest BCUT2D eigenvalue weighted by molar-refractivity contribution is -0.131. The number of fused-ring (bicyclic) bond motifs is 1. The van der Waals surface area contributed by atoms with Crippen molar-refractivity contribution in [2.75, 3.05) is 53.6 Å². The number of nitrogens with zero attached hydrogens (tertiary/aromatic N) is 2. The highest BCUT2D eigenvalue weighted by molar-refractivity contribution is 5.84. The number of rotatable bonds is 4. The zero-order valence-corrected chi connectivity index (χ0v) is 15.2. The summed E-state index contributed by atoms with van der Waals surface area (Å²) in [5.74, 6) is 1.26. The molecule has 8 heteroatoms. The molecule has 8 nitrogen and oxygen atoms in total. The molecule has 2 aliphatic rings. The van der Waals surface area contributed by atoms with Gasteiger partial charge in [0, 0.05) is 26.2 Å². The maximum Gasteiger partial charge on any atom is 0.317 e. The number of morpholine rings is 1. The van der Waals surface area contributed by atoms with Crippen LogP contribution in [0, 0.1) is 0 Å². The van der Waals surface area contributed by atoms with Gasteiger partial charge in [-0.2, -0.15) is 0 Å². The Balaban J connectivity index is 1.57. The topological polar surface area (TPSA) is 80.3 Å². The molecule has 2 heterocycles. The van der Waals surface area contributed by atoms with Crippen molar-refractivity contribution >= 4 is 11.9 Å². The summed E-state index contributed by atoms with van der Waals surface area (Å²) in [5, 5.41) is 2.71. The summed E-state index contributed by atoms with van der Waals surface area (Å²) >= 11 is 0. The molecule has 1 saturated heterocycles. The SMILES string of the molecule is COc1cc2c(cc1OC)CN(C(=O)CNC(=O)N1CCOCC1)CC2. The zero-order valence-electron chi connectivity index (χ0n) is 15.2. The molecule has 0 bridgehead atoms. The molecule has 0 aliphatic carbocycles. The normalized spacial score (nSPS) is 16.7. The Morgan fingerprint density at radius 1 is 1.04 bits per heavy atom. The second kappa shape index (κ2) is 8.27. The molecule has 0 atom stereocenters. The van der Waals surface area contributed by atoms with E-state index >= 15 is 0 Å². The van der Waals surface area contributed by atoms with Gasteiger partial charge in [0.1, 0.15) is 0 Å². The first-order valence-electron chi connectivity index (χ1n) is 8.74. The maximum absolute atomic E-state index is 12.5. The Bertz CT molecular complexity index is 673. The third kappa shape index (κ3) is 4.01. The van der Waals surface area contributed by atoms with Gasteiger partial charge in [0.15, 0.2) is 11.5 Å². The monoisotopic (exact) mass is 363 g/mol. The number of nitrogens with one attached hydrogen (secondary N) is 1. The fraction of sp³-hybridized carbons (Fsp3) is 0.556. The number of carbonyl (C=O) groups excluding carboxylic acids is 2. The van der Waals surface area contributed by atoms with Crippen molar-refractivity contribution in [1.82, 2.24) is 15.1 Å². The molecule has 3 rings (SSSR count). The van der Waals surface area contributed by atoms with Crippen LogP contribution in [-0.4, -0.2) is 75.4 Å². The summed E-state index contributed by atoms with van der Waals surface area (Å²) in [6, 6.07) is 3.67. The number of carbonyl (C=O) groups is 2. The number of benzene rings is 1. The van der Waals surface area contributed by atoms with Crippen LogP contribution in [0.5, 0.6) is 11.5 Å². The van der Waals surface area contributed by atoms with Gasteiger partial charge >= 0.3 is 6.03 Å². The largest absolute Gasteiger partial charge is 0.493 e. The first kappa shape index (κ1) is 18.3. The molecule has 2 aliphatic heterocycles. The third-order valence-electron chi connectivity index (χ3n) is 4.76. The molecule has 26 heavy (non-hydrogen) atoms. The predicted octanol–water partition coefficient (Wildman–Crippen LogP) is 0.630. The molecule has 142 valence electrons. The van der Waals surface area contributed by atoms with Crippen LogP contribution in [-0.2, 0) is 22.5 Å².